The van der Waals surface area contributed by atoms with Gasteiger partial charge in [0.05, 0.1) is 6.33 Å². The van der Waals surface area contributed by atoms with E-state index in [9.17, 15) is 9.59 Å². The highest BCUT2D eigenvalue weighted by atomic mass is 16.4. The number of aliphatic carboxylic acids is 1. The number of aryl methyl sites for hydroxylation is 1. The van der Waals surface area contributed by atoms with Crippen LogP contribution in [0.15, 0.2) is 31.4 Å². The molecular weight excluding hydrogens is 222 g/mol. The van der Waals surface area contributed by atoms with E-state index in [0.29, 0.717) is 6.54 Å². The monoisotopic (exact) mass is 237 g/mol. The largest absolute Gasteiger partial charge is 0.480 e. The molecular formula is C11H15N3O3. The fraction of sp³-hybridized carbons (Fsp3) is 0.364. The van der Waals surface area contributed by atoms with Crippen LogP contribution in [0.3, 0.4) is 0 Å². The summed E-state index contributed by atoms with van der Waals surface area (Å²) in [7, 11) is 0. The van der Waals surface area contributed by atoms with Crippen LogP contribution < -0.4 is 5.32 Å². The van der Waals surface area contributed by atoms with Gasteiger partial charge in [0.1, 0.15) is 6.04 Å². The molecule has 1 heterocycles. The minimum Gasteiger partial charge on any atom is -0.480 e. The van der Waals surface area contributed by atoms with E-state index in [2.05, 4.69) is 16.9 Å². The molecule has 0 aliphatic heterocycles. The molecule has 1 atom stereocenters. The lowest BCUT2D eigenvalue weighted by Gasteiger charge is -2.12. The third kappa shape index (κ3) is 4.50. The fourth-order valence-corrected chi connectivity index (χ4v) is 1.30. The van der Waals surface area contributed by atoms with E-state index in [0.717, 1.165) is 0 Å². The average molecular weight is 237 g/mol. The number of hydrogen-bond acceptors (Lipinski definition) is 3. The Morgan fingerprint density at radius 3 is 2.88 bits per heavy atom. The van der Waals surface area contributed by atoms with E-state index in [1.807, 2.05) is 0 Å². The van der Waals surface area contributed by atoms with Crippen molar-refractivity contribution in [3.05, 3.63) is 31.4 Å². The first kappa shape index (κ1) is 13.0. The van der Waals surface area contributed by atoms with Gasteiger partial charge < -0.3 is 15.0 Å². The summed E-state index contributed by atoms with van der Waals surface area (Å²) < 4.78 is 1.75. The second-order valence-corrected chi connectivity index (χ2v) is 3.53. The van der Waals surface area contributed by atoms with E-state index >= 15 is 0 Å². The van der Waals surface area contributed by atoms with Crippen LogP contribution in [0.5, 0.6) is 0 Å². The zero-order valence-corrected chi connectivity index (χ0v) is 9.37. The van der Waals surface area contributed by atoms with Gasteiger partial charge in [0.2, 0.25) is 5.91 Å². The normalized spacial score (nSPS) is 11.8. The number of nitrogens with one attached hydrogen (secondary N) is 1. The molecule has 0 fully saturated rings. The van der Waals surface area contributed by atoms with Crippen LogP contribution in [-0.4, -0.2) is 32.6 Å². The zero-order valence-electron chi connectivity index (χ0n) is 9.37. The summed E-state index contributed by atoms with van der Waals surface area (Å²) in [5, 5.41) is 11.3. The highest BCUT2D eigenvalue weighted by Gasteiger charge is 2.17. The highest BCUT2D eigenvalue weighted by Crippen LogP contribution is 1.96. The first-order valence-electron chi connectivity index (χ1n) is 5.22. The maximum Gasteiger partial charge on any atom is 0.326 e. The van der Waals surface area contributed by atoms with Crippen molar-refractivity contribution in [3.63, 3.8) is 0 Å². The number of carboxylic acids is 1. The Morgan fingerprint density at radius 1 is 1.59 bits per heavy atom. The van der Waals surface area contributed by atoms with Crippen LogP contribution in [0.25, 0.3) is 0 Å². The summed E-state index contributed by atoms with van der Waals surface area (Å²) in [5.41, 5.74) is 0. The molecule has 2 N–H and O–H groups in total. The standard InChI is InChI=1S/C11H15N3O3/c1-2-3-9(11(16)17)13-10(15)4-6-14-7-5-12-8-14/h2,5,7-9H,1,3-4,6H2,(H,13,15)(H,16,17). The minimum atomic E-state index is -1.05. The number of aromatic nitrogens is 2. The summed E-state index contributed by atoms with van der Waals surface area (Å²) in [6.45, 7) is 3.93. The topological polar surface area (TPSA) is 84.2 Å². The number of hydrogen-bond donors (Lipinski definition) is 2. The van der Waals surface area contributed by atoms with Crippen molar-refractivity contribution < 1.29 is 14.7 Å². The maximum absolute atomic E-state index is 11.5. The van der Waals surface area contributed by atoms with Crippen molar-refractivity contribution in [1.82, 2.24) is 14.9 Å². The van der Waals surface area contributed by atoms with E-state index in [4.69, 9.17) is 5.11 Å². The number of rotatable bonds is 7. The number of nitrogens with zero attached hydrogens (tertiary/aromatic N) is 2. The Balaban J connectivity index is 2.37. The zero-order chi connectivity index (χ0) is 12.7. The van der Waals surface area contributed by atoms with Gasteiger partial charge in [-0.1, -0.05) is 6.08 Å². The second-order valence-electron chi connectivity index (χ2n) is 3.53. The molecule has 1 unspecified atom stereocenters. The van der Waals surface area contributed by atoms with Crippen molar-refractivity contribution in [2.75, 3.05) is 0 Å². The summed E-state index contributed by atoms with van der Waals surface area (Å²) in [6, 6.07) is -0.900. The second kappa shape index (κ2) is 6.47. The number of carbonyl (C=O) groups excluding carboxylic acids is 1. The number of amides is 1. The molecule has 1 amide bonds. The Hall–Kier alpha value is -2.11. The van der Waals surface area contributed by atoms with Crippen molar-refractivity contribution in [2.24, 2.45) is 0 Å². The van der Waals surface area contributed by atoms with Crippen LogP contribution in [0.1, 0.15) is 12.8 Å². The van der Waals surface area contributed by atoms with E-state index in [1.54, 1.807) is 23.3 Å². The Kier molecular flexibility index (Phi) is 4.93. The highest BCUT2D eigenvalue weighted by molar-refractivity contribution is 5.83. The van der Waals surface area contributed by atoms with Crippen molar-refractivity contribution in [1.29, 1.82) is 0 Å². The van der Waals surface area contributed by atoms with E-state index in [-0.39, 0.29) is 18.7 Å². The van der Waals surface area contributed by atoms with Crippen LogP contribution in [0.4, 0.5) is 0 Å². The van der Waals surface area contributed by atoms with Gasteiger partial charge in [-0.15, -0.1) is 6.58 Å². The molecule has 0 aliphatic carbocycles. The van der Waals surface area contributed by atoms with Crippen LogP contribution in [0.2, 0.25) is 0 Å². The van der Waals surface area contributed by atoms with Crippen molar-refractivity contribution in [3.8, 4) is 0 Å². The number of carbonyl (C=O) groups is 2. The average Bonchev–Trinajstić information content (AvgIpc) is 2.78. The fourth-order valence-electron chi connectivity index (χ4n) is 1.30. The molecule has 0 radical (unpaired) electrons. The maximum atomic E-state index is 11.5. The molecule has 0 aromatic carbocycles. The predicted octanol–water partition coefficient (Wildman–Crippen LogP) is 0.419. The molecule has 0 aliphatic rings. The molecule has 1 aromatic heterocycles. The third-order valence-electron chi connectivity index (χ3n) is 2.19. The van der Waals surface area contributed by atoms with Gasteiger partial charge in [0.25, 0.3) is 0 Å². The summed E-state index contributed by atoms with van der Waals surface area (Å²) in [5.74, 6) is -1.35. The van der Waals surface area contributed by atoms with Crippen LogP contribution in [0, 0.1) is 0 Å². The molecule has 0 saturated carbocycles. The van der Waals surface area contributed by atoms with Gasteiger partial charge in [0, 0.05) is 25.4 Å². The Labute approximate surface area is 99.0 Å². The van der Waals surface area contributed by atoms with Crippen molar-refractivity contribution in [2.45, 2.75) is 25.4 Å². The van der Waals surface area contributed by atoms with Gasteiger partial charge in [-0.2, -0.15) is 0 Å². The van der Waals surface area contributed by atoms with Gasteiger partial charge in [0.15, 0.2) is 0 Å². The molecule has 17 heavy (non-hydrogen) atoms. The molecule has 1 rings (SSSR count). The number of carboxylic acid groups (broad SMARTS) is 1. The molecule has 1 aromatic rings. The number of imidazole rings is 1. The van der Waals surface area contributed by atoms with Gasteiger partial charge in [-0.05, 0) is 6.42 Å². The molecule has 92 valence electrons. The van der Waals surface area contributed by atoms with E-state index in [1.165, 1.54) is 6.08 Å². The molecule has 0 bridgehead atoms. The third-order valence-corrected chi connectivity index (χ3v) is 2.19. The first-order chi connectivity index (χ1) is 8.13. The lowest BCUT2D eigenvalue weighted by Crippen LogP contribution is -2.40. The van der Waals surface area contributed by atoms with Crippen molar-refractivity contribution >= 4 is 11.9 Å². The van der Waals surface area contributed by atoms with Gasteiger partial charge in [-0.25, -0.2) is 9.78 Å². The lowest BCUT2D eigenvalue weighted by molar-refractivity contribution is -0.141. The van der Waals surface area contributed by atoms with Crippen LogP contribution in [-0.2, 0) is 16.1 Å². The minimum absolute atomic E-state index is 0.214. The van der Waals surface area contributed by atoms with E-state index < -0.39 is 12.0 Å². The lowest BCUT2D eigenvalue weighted by atomic mass is 10.2. The molecule has 6 nitrogen and oxygen atoms in total. The SMILES string of the molecule is C=CCC(NC(=O)CCn1ccnc1)C(=O)O. The first-order valence-corrected chi connectivity index (χ1v) is 5.22. The summed E-state index contributed by atoms with van der Waals surface area (Å²) in [4.78, 5) is 26.1. The Bertz CT molecular complexity index is 387. The van der Waals surface area contributed by atoms with Crippen LogP contribution >= 0.6 is 0 Å². The summed E-state index contributed by atoms with van der Waals surface area (Å²) >= 11 is 0. The molecule has 6 heteroatoms. The molecule has 0 saturated heterocycles. The summed E-state index contributed by atoms with van der Waals surface area (Å²) in [6.07, 6.45) is 6.87. The quantitative estimate of drug-likeness (QED) is 0.673. The predicted molar refractivity (Wildman–Crippen MR) is 61.2 cm³/mol. The Morgan fingerprint density at radius 2 is 2.35 bits per heavy atom. The van der Waals surface area contributed by atoms with Gasteiger partial charge in [-0.3, -0.25) is 4.79 Å². The van der Waals surface area contributed by atoms with Gasteiger partial charge >= 0.3 is 5.97 Å². The smallest absolute Gasteiger partial charge is 0.326 e. The molecule has 0 spiro atoms.